The number of nitrogens with one attached hydrogen (secondary N) is 2. The fourth-order valence-corrected chi connectivity index (χ4v) is 2.76. The number of benzene rings is 1. The number of furan rings is 1. The SMILES string of the molecule is COc1ccc2c(CCNC(=O)c3cc(C)oc3C)c[nH]c2c1. The number of hydrogen-bond acceptors (Lipinski definition) is 3. The van der Waals surface area contributed by atoms with Crippen LogP contribution < -0.4 is 10.1 Å². The lowest BCUT2D eigenvalue weighted by molar-refractivity contribution is 0.0952. The predicted molar refractivity (Wildman–Crippen MR) is 89.1 cm³/mol. The molecule has 1 aromatic carbocycles. The quantitative estimate of drug-likeness (QED) is 0.759. The van der Waals surface area contributed by atoms with Crippen LogP contribution in [0.3, 0.4) is 0 Å². The third-order valence-electron chi connectivity index (χ3n) is 3.94. The molecule has 0 atom stereocenters. The Kier molecular flexibility index (Phi) is 4.10. The fourth-order valence-electron chi connectivity index (χ4n) is 2.76. The van der Waals surface area contributed by atoms with Crippen LogP contribution in [0.2, 0.25) is 0 Å². The molecule has 0 aliphatic rings. The van der Waals surface area contributed by atoms with Crippen molar-refractivity contribution in [2.45, 2.75) is 20.3 Å². The van der Waals surface area contributed by atoms with E-state index < -0.39 is 0 Å². The first-order chi connectivity index (χ1) is 11.1. The highest BCUT2D eigenvalue weighted by molar-refractivity contribution is 5.95. The number of carbonyl (C=O) groups is 1. The Bertz CT molecular complexity index is 845. The highest BCUT2D eigenvalue weighted by atomic mass is 16.5. The van der Waals surface area contributed by atoms with Gasteiger partial charge in [-0.05, 0) is 44.0 Å². The van der Waals surface area contributed by atoms with E-state index in [4.69, 9.17) is 9.15 Å². The van der Waals surface area contributed by atoms with Crippen molar-refractivity contribution in [3.8, 4) is 5.75 Å². The molecule has 2 aromatic heterocycles. The molecule has 2 N–H and O–H groups in total. The van der Waals surface area contributed by atoms with Crippen LogP contribution in [-0.2, 0) is 6.42 Å². The molecular weight excluding hydrogens is 292 g/mol. The number of amides is 1. The van der Waals surface area contributed by atoms with Crippen molar-refractivity contribution in [2.75, 3.05) is 13.7 Å². The zero-order chi connectivity index (χ0) is 16.4. The first-order valence-electron chi connectivity index (χ1n) is 7.57. The van der Waals surface area contributed by atoms with E-state index in [0.717, 1.165) is 28.8 Å². The molecule has 0 aliphatic carbocycles. The van der Waals surface area contributed by atoms with Gasteiger partial charge in [-0.15, -0.1) is 0 Å². The van der Waals surface area contributed by atoms with E-state index in [1.165, 1.54) is 5.56 Å². The van der Waals surface area contributed by atoms with Crippen LogP contribution in [0, 0.1) is 13.8 Å². The lowest BCUT2D eigenvalue weighted by Crippen LogP contribution is -2.25. The molecule has 2 heterocycles. The number of aryl methyl sites for hydroxylation is 2. The van der Waals surface area contributed by atoms with Gasteiger partial charge in [-0.1, -0.05) is 0 Å². The van der Waals surface area contributed by atoms with E-state index in [1.807, 2.05) is 31.3 Å². The number of fused-ring (bicyclic) bond motifs is 1. The maximum absolute atomic E-state index is 12.2. The summed E-state index contributed by atoms with van der Waals surface area (Å²) in [7, 11) is 1.65. The Labute approximate surface area is 134 Å². The minimum Gasteiger partial charge on any atom is -0.497 e. The Morgan fingerprint density at radius 2 is 2.13 bits per heavy atom. The van der Waals surface area contributed by atoms with Gasteiger partial charge in [0, 0.05) is 29.7 Å². The van der Waals surface area contributed by atoms with Gasteiger partial charge in [0.25, 0.3) is 5.91 Å². The third-order valence-corrected chi connectivity index (χ3v) is 3.94. The molecule has 23 heavy (non-hydrogen) atoms. The molecule has 0 fully saturated rings. The van der Waals surface area contributed by atoms with Crippen molar-refractivity contribution in [3.63, 3.8) is 0 Å². The van der Waals surface area contributed by atoms with E-state index in [9.17, 15) is 4.79 Å². The first-order valence-corrected chi connectivity index (χ1v) is 7.57. The number of carbonyl (C=O) groups excluding carboxylic acids is 1. The van der Waals surface area contributed by atoms with Crippen LogP contribution >= 0.6 is 0 Å². The highest BCUT2D eigenvalue weighted by Crippen LogP contribution is 2.23. The van der Waals surface area contributed by atoms with Gasteiger partial charge in [-0.2, -0.15) is 0 Å². The summed E-state index contributed by atoms with van der Waals surface area (Å²) in [6.07, 6.45) is 2.73. The number of hydrogen-bond donors (Lipinski definition) is 2. The molecule has 3 rings (SSSR count). The van der Waals surface area contributed by atoms with Gasteiger partial charge in [0.1, 0.15) is 17.3 Å². The number of aromatic amines is 1. The van der Waals surface area contributed by atoms with E-state index in [2.05, 4.69) is 10.3 Å². The van der Waals surface area contributed by atoms with Crippen LogP contribution in [-0.4, -0.2) is 24.5 Å². The molecular formula is C18H20N2O3. The zero-order valence-electron chi connectivity index (χ0n) is 13.5. The van der Waals surface area contributed by atoms with E-state index >= 15 is 0 Å². The summed E-state index contributed by atoms with van der Waals surface area (Å²) in [5.41, 5.74) is 2.81. The van der Waals surface area contributed by atoms with Crippen LogP contribution in [0.5, 0.6) is 5.75 Å². The lowest BCUT2D eigenvalue weighted by atomic mass is 10.1. The van der Waals surface area contributed by atoms with Gasteiger partial charge in [0.05, 0.1) is 12.7 Å². The summed E-state index contributed by atoms with van der Waals surface area (Å²) in [4.78, 5) is 15.4. The smallest absolute Gasteiger partial charge is 0.254 e. The Morgan fingerprint density at radius 3 is 2.83 bits per heavy atom. The van der Waals surface area contributed by atoms with E-state index in [-0.39, 0.29) is 5.91 Å². The minimum absolute atomic E-state index is 0.0964. The molecule has 0 bridgehead atoms. The molecule has 5 heteroatoms. The van der Waals surface area contributed by atoms with E-state index in [0.29, 0.717) is 17.9 Å². The zero-order valence-corrected chi connectivity index (χ0v) is 13.5. The monoisotopic (exact) mass is 312 g/mol. The van der Waals surface area contributed by atoms with Gasteiger partial charge >= 0.3 is 0 Å². The summed E-state index contributed by atoms with van der Waals surface area (Å²) in [5.74, 6) is 2.13. The van der Waals surface area contributed by atoms with Gasteiger partial charge < -0.3 is 19.5 Å². The Hall–Kier alpha value is -2.69. The van der Waals surface area contributed by atoms with Gasteiger partial charge in [-0.25, -0.2) is 0 Å². The highest BCUT2D eigenvalue weighted by Gasteiger charge is 2.13. The Balaban J connectivity index is 1.65. The molecule has 0 spiro atoms. The predicted octanol–water partition coefficient (Wildman–Crippen LogP) is 3.36. The minimum atomic E-state index is -0.0964. The average Bonchev–Trinajstić information content (AvgIpc) is 3.09. The molecule has 120 valence electrons. The molecule has 3 aromatic rings. The second kappa shape index (κ2) is 6.20. The van der Waals surface area contributed by atoms with Crippen molar-refractivity contribution in [1.82, 2.24) is 10.3 Å². The normalized spacial score (nSPS) is 10.9. The van der Waals surface area contributed by atoms with Gasteiger partial charge in [-0.3, -0.25) is 4.79 Å². The maximum atomic E-state index is 12.2. The Morgan fingerprint density at radius 1 is 1.30 bits per heavy atom. The molecule has 1 amide bonds. The number of aromatic nitrogens is 1. The summed E-state index contributed by atoms with van der Waals surface area (Å²) in [5, 5.41) is 4.09. The molecule has 0 aliphatic heterocycles. The second-order valence-corrected chi connectivity index (χ2v) is 5.56. The van der Waals surface area contributed by atoms with Gasteiger partial charge in [0.2, 0.25) is 0 Å². The van der Waals surface area contributed by atoms with Crippen molar-refractivity contribution in [2.24, 2.45) is 0 Å². The van der Waals surface area contributed by atoms with Crippen molar-refractivity contribution in [3.05, 3.63) is 53.1 Å². The van der Waals surface area contributed by atoms with Crippen molar-refractivity contribution >= 4 is 16.8 Å². The molecule has 0 saturated heterocycles. The van der Waals surface area contributed by atoms with E-state index in [1.54, 1.807) is 20.1 Å². The summed E-state index contributed by atoms with van der Waals surface area (Å²) < 4.78 is 10.6. The average molecular weight is 312 g/mol. The lowest BCUT2D eigenvalue weighted by Gasteiger charge is -2.04. The molecule has 0 radical (unpaired) electrons. The van der Waals surface area contributed by atoms with Gasteiger partial charge in [0.15, 0.2) is 0 Å². The standard InChI is InChI=1S/C18H20N2O3/c1-11-8-16(12(2)23-11)18(21)19-7-6-13-10-20-17-9-14(22-3)4-5-15(13)17/h4-5,8-10,20H,6-7H2,1-3H3,(H,19,21). The summed E-state index contributed by atoms with van der Waals surface area (Å²) >= 11 is 0. The largest absolute Gasteiger partial charge is 0.497 e. The van der Waals surface area contributed by atoms with Crippen molar-refractivity contribution < 1.29 is 13.9 Å². The number of rotatable bonds is 5. The summed E-state index contributed by atoms with van der Waals surface area (Å²) in [6.45, 7) is 4.21. The summed E-state index contributed by atoms with van der Waals surface area (Å²) in [6, 6.07) is 7.71. The van der Waals surface area contributed by atoms with Crippen LogP contribution in [0.4, 0.5) is 0 Å². The number of H-pyrrole nitrogens is 1. The van der Waals surface area contributed by atoms with Crippen LogP contribution in [0.25, 0.3) is 10.9 Å². The van der Waals surface area contributed by atoms with Crippen LogP contribution in [0.1, 0.15) is 27.4 Å². The number of methoxy groups -OCH3 is 1. The topological polar surface area (TPSA) is 67.3 Å². The van der Waals surface area contributed by atoms with Crippen LogP contribution in [0.15, 0.2) is 34.9 Å². The molecule has 0 saturated carbocycles. The maximum Gasteiger partial charge on any atom is 0.254 e. The fraction of sp³-hybridized carbons (Fsp3) is 0.278. The molecule has 5 nitrogen and oxygen atoms in total. The third kappa shape index (κ3) is 3.08. The van der Waals surface area contributed by atoms with Crippen molar-refractivity contribution in [1.29, 1.82) is 0 Å². The second-order valence-electron chi connectivity index (χ2n) is 5.56. The first kappa shape index (κ1) is 15.2. The molecule has 0 unspecified atom stereocenters. The number of ether oxygens (including phenoxy) is 1.